The first-order chi connectivity index (χ1) is 13.3. The first-order valence-electron chi connectivity index (χ1n) is 9.12. The lowest BCUT2D eigenvalue weighted by molar-refractivity contribution is -0.119. The van der Waals surface area contributed by atoms with Crippen LogP contribution in [0.15, 0.2) is 64.0 Å². The van der Waals surface area contributed by atoms with Crippen molar-refractivity contribution < 1.29 is 9.21 Å². The van der Waals surface area contributed by atoms with Crippen LogP contribution in [0.5, 0.6) is 0 Å². The van der Waals surface area contributed by atoms with Gasteiger partial charge in [0.15, 0.2) is 11.9 Å². The smallest absolute Gasteiger partial charge is 0.317 e. The Morgan fingerprint density at radius 1 is 0.963 bits per heavy atom. The molecule has 0 bridgehead atoms. The lowest BCUT2D eigenvalue weighted by Gasteiger charge is -2.11. The third-order valence-electron chi connectivity index (χ3n) is 4.87. The maximum absolute atomic E-state index is 12.9. The van der Waals surface area contributed by atoms with Crippen molar-refractivity contribution in [2.24, 2.45) is 4.99 Å². The SMILES string of the molecule is O=C1Cc2ccccc2C(c2ccccc2)=NC1Nc1nnc(C2CC2)o1. The summed E-state index contributed by atoms with van der Waals surface area (Å²) in [6.07, 6.45) is 1.70. The van der Waals surface area contributed by atoms with Crippen LogP contribution in [-0.2, 0) is 11.2 Å². The molecule has 1 aromatic heterocycles. The Labute approximate surface area is 156 Å². The van der Waals surface area contributed by atoms with Crippen LogP contribution >= 0.6 is 0 Å². The van der Waals surface area contributed by atoms with Gasteiger partial charge in [-0.2, -0.15) is 0 Å². The zero-order valence-corrected chi connectivity index (χ0v) is 14.6. The highest BCUT2D eigenvalue weighted by atomic mass is 16.4. The predicted octanol–water partition coefficient (Wildman–Crippen LogP) is 3.35. The number of aromatic nitrogens is 2. The second kappa shape index (κ2) is 6.46. The fraction of sp³-hybridized carbons (Fsp3) is 0.238. The molecule has 1 fully saturated rings. The summed E-state index contributed by atoms with van der Waals surface area (Å²) in [7, 11) is 0. The van der Waals surface area contributed by atoms with E-state index in [1.54, 1.807) is 0 Å². The van der Waals surface area contributed by atoms with E-state index in [0.29, 0.717) is 18.2 Å². The summed E-state index contributed by atoms with van der Waals surface area (Å²) in [5, 5.41) is 11.1. The van der Waals surface area contributed by atoms with E-state index >= 15 is 0 Å². The van der Waals surface area contributed by atoms with Gasteiger partial charge in [-0.1, -0.05) is 59.7 Å². The minimum Gasteiger partial charge on any atom is -0.408 e. The van der Waals surface area contributed by atoms with Gasteiger partial charge in [0.1, 0.15) is 0 Å². The van der Waals surface area contributed by atoms with Gasteiger partial charge < -0.3 is 9.73 Å². The van der Waals surface area contributed by atoms with Gasteiger partial charge in [0, 0.05) is 23.5 Å². The van der Waals surface area contributed by atoms with Gasteiger partial charge in [0.2, 0.25) is 5.89 Å². The van der Waals surface area contributed by atoms with Crippen LogP contribution in [0.4, 0.5) is 6.01 Å². The van der Waals surface area contributed by atoms with Crippen LogP contribution < -0.4 is 5.32 Å². The van der Waals surface area contributed by atoms with Crippen LogP contribution in [0.3, 0.4) is 0 Å². The summed E-state index contributed by atoms with van der Waals surface area (Å²) in [6, 6.07) is 18.0. The Morgan fingerprint density at radius 3 is 2.56 bits per heavy atom. The molecule has 6 nitrogen and oxygen atoms in total. The molecule has 1 N–H and O–H groups in total. The molecular formula is C21H18N4O2. The Morgan fingerprint density at radius 2 is 1.74 bits per heavy atom. The molecule has 5 rings (SSSR count). The second-order valence-corrected chi connectivity index (χ2v) is 6.91. The zero-order chi connectivity index (χ0) is 18.2. The number of nitrogens with zero attached hydrogens (tertiary/aromatic N) is 3. The predicted molar refractivity (Wildman–Crippen MR) is 101 cm³/mol. The molecule has 1 aliphatic heterocycles. The number of rotatable bonds is 4. The quantitative estimate of drug-likeness (QED) is 0.774. The van der Waals surface area contributed by atoms with E-state index < -0.39 is 6.17 Å². The second-order valence-electron chi connectivity index (χ2n) is 6.91. The first kappa shape index (κ1) is 15.9. The number of hydrogen-bond donors (Lipinski definition) is 1. The standard InChI is InChI=1S/C21H18N4O2/c26-17-12-15-8-4-5-9-16(15)18(13-6-2-1-3-7-13)22-19(17)23-21-25-24-20(27-21)14-10-11-14/h1-9,14,19H,10-12H2,(H,23,25). The monoisotopic (exact) mass is 358 g/mol. The summed E-state index contributed by atoms with van der Waals surface area (Å²) in [5.74, 6) is 0.971. The highest BCUT2D eigenvalue weighted by Gasteiger charge is 2.31. The maximum atomic E-state index is 12.9. The molecule has 6 heteroatoms. The van der Waals surface area contributed by atoms with Crippen molar-refractivity contribution in [1.29, 1.82) is 0 Å². The third kappa shape index (κ3) is 3.14. The van der Waals surface area contributed by atoms with Crippen LogP contribution in [0.1, 0.15) is 41.3 Å². The van der Waals surface area contributed by atoms with Crippen molar-refractivity contribution in [3.8, 4) is 0 Å². The van der Waals surface area contributed by atoms with E-state index in [9.17, 15) is 4.79 Å². The minimum absolute atomic E-state index is 0.0282. The number of benzene rings is 2. The molecule has 0 radical (unpaired) electrons. The molecule has 2 aliphatic rings. The molecule has 2 aromatic carbocycles. The van der Waals surface area contributed by atoms with E-state index in [1.807, 2.05) is 54.6 Å². The lowest BCUT2D eigenvalue weighted by atomic mass is 9.96. The summed E-state index contributed by atoms with van der Waals surface area (Å²) in [5.41, 5.74) is 3.70. The van der Waals surface area contributed by atoms with Crippen molar-refractivity contribution in [3.63, 3.8) is 0 Å². The van der Waals surface area contributed by atoms with E-state index in [1.165, 1.54) is 0 Å². The van der Waals surface area contributed by atoms with E-state index in [-0.39, 0.29) is 11.8 Å². The summed E-state index contributed by atoms with van der Waals surface area (Å²) >= 11 is 0. The number of ketones is 1. The maximum Gasteiger partial charge on any atom is 0.317 e. The number of Topliss-reactive ketones (excluding diaryl/α,β-unsaturated/α-hetero) is 1. The number of carbonyl (C=O) groups is 1. The minimum atomic E-state index is -0.764. The average molecular weight is 358 g/mol. The summed E-state index contributed by atoms with van der Waals surface area (Å²) in [4.78, 5) is 17.6. The third-order valence-corrected chi connectivity index (χ3v) is 4.87. The van der Waals surface area contributed by atoms with Crippen LogP contribution in [0, 0.1) is 0 Å². The molecule has 1 atom stereocenters. The largest absolute Gasteiger partial charge is 0.408 e. The van der Waals surface area contributed by atoms with Crippen molar-refractivity contribution in [2.45, 2.75) is 31.3 Å². The molecule has 1 saturated carbocycles. The topological polar surface area (TPSA) is 80.4 Å². The average Bonchev–Trinajstić information content (AvgIpc) is 3.47. The van der Waals surface area contributed by atoms with Gasteiger partial charge in [-0.3, -0.25) is 9.79 Å². The normalized spacial score (nSPS) is 19.2. The highest BCUT2D eigenvalue weighted by Crippen LogP contribution is 2.39. The van der Waals surface area contributed by atoms with Gasteiger partial charge >= 0.3 is 6.01 Å². The number of fused-ring (bicyclic) bond motifs is 1. The Hall–Kier alpha value is -3.28. The van der Waals surface area contributed by atoms with Gasteiger partial charge in [0.05, 0.1) is 5.71 Å². The molecule has 0 amide bonds. The van der Waals surface area contributed by atoms with E-state index in [2.05, 4.69) is 15.5 Å². The fourth-order valence-corrected chi connectivity index (χ4v) is 3.30. The molecule has 2 heterocycles. The molecule has 0 saturated heterocycles. The molecule has 1 unspecified atom stereocenters. The number of anilines is 1. The van der Waals surface area contributed by atoms with Gasteiger partial charge in [-0.15, -0.1) is 5.10 Å². The van der Waals surface area contributed by atoms with Gasteiger partial charge in [0.25, 0.3) is 0 Å². The highest BCUT2D eigenvalue weighted by molar-refractivity contribution is 6.16. The fourth-order valence-electron chi connectivity index (χ4n) is 3.30. The number of carbonyl (C=O) groups excluding carboxylic acids is 1. The Balaban J connectivity index is 1.53. The molecule has 0 spiro atoms. The van der Waals surface area contributed by atoms with Gasteiger partial charge in [-0.25, -0.2) is 0 Å². The molecule has 1 aliphatic carbocycles. The number of hydrogen-bond acceptors (Lipinski definition) is 6. The Bertz CT molecular complexity index is 1020. The van der Waals surface area contributed by atoms with Crippen molar-refractivity contribution in [2.75, 3.05) is 5.32 Å². The van der Waals surface area contributed by atoms with Crippen molar-refractivity contribution >= 4 is 17.5 Å². The Kier molecular flexibility index (Phi) is 3.81. The van der Waals surface area contributed by atoms with Crippen molar-refractivity contribution in [1.82, 2.24) is 10.2 Å². The van der Waals surface area contributed by atoms with E-state index in [4.69, 9.17) is 9.41 Å². The van der Waals surface area contributed by atoms with E-state index in [0.717, 1.165) is 35.2 Å². The van der Waals surface area contributed by atoms with Gasteiger partial charge in [-0.05, 0) is 18.4 Å². The first-order valence-corrected chi connectivity index (χ1v) is 9.12. The summed E-state index contributed by atoms with van der Waals surface area (Å²) < 4.78 is 5.66. The van der Waals surface area contributed by atoms with Crippen LogP contribution in [-0.4, -0.2) is 27.9 Å². The summed E-state index contributed by atoms with van der Waals surface area (Å²) in [6.45, 7) is 0. The molecule has 27 heavy (non-hydrogen) atoms. The zero-order valence-electron chi connectivity index (χ0n) is 14.6. The molecule has 134 valence electrons. The lowest BCUT2D eigenvalue weighted by Crippen LogP contribution is -2.29. The molecule has 3 aromatic rings. The van der Waals surface area contributed by atoms with Crippen LogP contribution in [0.2, 0.25) is 0 Å². The number of nitrogens with one attached hydrogen (secondary N) is 1. The molecular weight excluding hydrogens is 340 g/mol. The number of aliphatic imine (C=N–C) groups is 1. The van der Waals surface area contributed by atoms with Crippen molar-refractivity contribution in [3.05, 3.63) is 77.2 Å². The van der Waals surface area contributed by atoms with Crippen LogP contribution in [0.25, 0.3) is 0 Å².